The van der Waals surface area contributed by atoms with Gasteiger partial charge in [0.15, 0.2) is 6.61 Å². The molecule has 7 nitrogen and oxygen atoms in total. The van der Waals surface area contributed by atoms with E-state index in [0.29, 0.717) is 10.8 Å². The molecule has 9 heteroatoms. The number of hydrogen-bond donors (Lipinski definition) is 3. The Labute approximate surface area is 159 Å². The van der Waals surface area contributed by atoms with Crippen molar-refractivity contribution in [2.24, 2.45) is 0 Å². The fraction of sp³-hybridized carbons (Fsp3) is 0.167. The highest BCUT2D eigenvalue weighted by Crippen LogP contribution is 2.20. The maximum absolute atomic E-state index is 12.8. The molecule has 0 bridgehead atoms. The van der Waals surface area contributed by atoms with E-state index in [9.17, 15) is 18.8 Å². The minimum atomic E-state index is -0.638. The molecule has 3 N–H and O–H groups in total. The third kappa shape index (κ3) is 6.59. The number of benzene rings is 2. The zero-order chi connectivity index (χ0) is 19.8. The molecular formula is C18H17ClFN3O4. The first-order valence-electron chi connectivity index (χ1n) is 7.85. The van der Waals surface area contributed by atoms with Crippen molar-refractivity contribution in [1.82, 2.24) is 16.2 Å². The lowest BCUT2D eigenvalue weighted by molar-refractivity contribution is -0.129. The van der Waals surface area contributed by atoms with Crippen LogP contribution in [0.2, 0.25) is 5.02 Å². The third-order valence-electron chi connectivity index (χ3n) is 3.36. The second-order valence-electron chi connectivity index (χ2n) is 5.49. The lowest BCUT2D eigenvalue weighted by Gasteiger charge is -2.10. The summed E-state index contributed by atoms with van der Waals surface area (Å²) in [7, 11) is 0. The summed E-state index contributed by atoms with van der Waals surface area (Å²) in [5.74, 6) is -1.77. The zero-order valence-electron chi connectivity index (χ0n) is 14.3. The number of ether oxygens (including phenoxy) is 1. The molecule has 142 valence electrons. The standard InChI is InChI=1S/C18H17ClFN3O4/c1-11-8-14(6-7-15(11)19)27-10-17(25)23-22-16(24)9-21-18(26)12-2-4-13(20)5-3-12/h2-8H,9-10H2,1H3,(H,21,26)(H,22,24)(H,23,25). The van der Waals surface area contributed by atoms with Crippen LogP contribution in [-0.4, -0.2) is 30.9 Å². The molecule has 2 aromatic rings. The van der Waals surface area contributed by atoms with Gasteiger partial charge in [-0.05, 0) is 55.0 Å². The normalized spacial score (nSPS) is 10.0. The fourth-order valence-electron chi connectivity index (χ4n) is 1.94. The second-order valence-corrected chi connectivity index (χ2v) is 5.89. The number of hydrogen-bond acceptors (Lipinski definition) is 4. The summed E-state index contributed by atoms with van der Waals surface area (Å²) in [4.78, 5) is 35.1. The molecule has 27 heavy (non-hydrogen) atoms. The first kappa shape index (κ1) is 20.2. The number of amides is 3. The van der Waals surface area contributed by atoms with E-state index in [0.717, 1.165) is 17.7 Å². The molecule has 0 radical (unpaired) electrons. The van der Waals surface area contributed by atoms with E-state index in [1.807, 2.05) is 0 Å². The van der Waals surface area contributed by atoms with Gasteiger partial charge in [0.1, 0.15) is 11.6 Å². The predicted octanol–water partition coefficient (Wildman–Crippen LogP) is 1.74. The van der Waals surface area contributed by atoms with Gasteiger partial charge < -0.3 is 10.1 Å². The summed E-state index contributed by atoms with van der Waals surface area (Å²) < 4.78 is 18.1. The number of aryl methyl sites for hydroxylation is 1. The highest BCUT2D eigenvalue weighted by molar-refractivity contribution is 6.31. The van der Waals surface area contributed by atoms with Crippen LogP contribution in [0.25, 0.3) is 0 Å². The average molecular weight is 394 g/mol. The third-order valence-corrected chi connectivity index (χ3v) is 3.78. The molecular weight excluding hydrogens is 377 g/mol. The van der Waals surface area contributed by atoms with Gasteiger partial charge in [0.05, 0.1) is 6.54 Å². The van der Waals surface area contributed by atoms with Gasteiger partial charge in [-0.15, -0.1) is 0 Å². The van der Waals surface area contributed by atoms with Gasteiger partial charge in [-0.25, -0.2) is 4.39 Å². The van der Waals surface area contributed by atoms with E-state index in [4.69, 9.17) is 16.3 Å². The van der Waals surface area contributed by atoms with Crippen molar-refractivity contribution >= 4 is 29.3 Å². The molecule has 0 atom stereocenters. The molecule has 0 unspecified atom stereocenters. The Kier molecular flexibility index (Phi) is 7.13. The molecule has 0 aliphatic rings. The van der Waals surface area contributed by atoms with Crippen LogP contribution in [0.15, 0.2) is 42.5 Å². The molecule has 0 aromatic heterocycles. The quantitative estimate of drug-likeness (QED) is 0.651. The minimum absolute atomic E-state index is 0.208. The highest BCUT2D eigenvalue weighted by atomic mass is 35.5. The maximum atomic E-state index is 12.8. The molecule has 0 aliphatic heterocycles. The largest absolute Gasteiger partial charge is 0.484 e. The second kappa shape index (κ2) is 9.54. The Bertz CT molecular complexity index is 843. The van der Waals surface area contributed by atoms with Crippen molar-refractivity contribution in [3.8, 4) is 5.75 Å². The van der Waals surface area contributed by atoms with Crippen LogP contribution in [0.4, 0.5) is 4.39 Å². The predicted molar refractivity (Wildman–Crippen MR) is 96.7 cm³/mol. The van der Waals surface area contributed by atoms with Gasteiger partial charge in [-0.1, -0.05) is 11.6 Å². The number of halogens is 2. The molecule has 0 saturated carbocycles. The monoisotopic (exact) mass is 393 g/mol. The Morgan fingerprint density at radius 1 is 1.04 bits per heavy atom. The minimum Gasteiger partial charge on any atom is -0.484 e. The topological polar surface area (TPSA) is 96.5 Å². The molecule has 0 saturated heterocycles. The average Bonchev–Trinajstić information content (AvgIpc) is 2.66. The van der Waals surface area contributed by atoms with E-state index in [1.165, 1.54) is 12.1 Å². The maximum Gasteiger partial charge on any atom is 0.276 e. The van der Waals surface area contributed by atoms with Crippen LogP contribution in [0, 0.1) is 12.7 Å². The Morgan fingerprint density at radius 2 is 1.70 bits per heavy atom. The van der Waals surface area contributed by atoms with E-state index in [2.05, 4.69) is 16.2 Å². The number of rotatable bonds is 6. The molecule has 2 aromatic carbocycles. The number of hydrazine groups is 1. The van der Waals surface area contributed by atoms with Crippen LogP contribution in [0.1, 0.15) is 15.9 Å². The summed E-state index contributed by atoms with van der Waals surface area (Å²) in [5.41, 5.74) is 5.31. The van der Waals surface area contributed by atoms with Crippen molar-refractivity contribution in [3.05, 3.63) is 64.4 Å². The van der Waals surface area contributed by atoms with Crippen LogP contribution in [0.3, 0.4) is 0 Å². The van der Waals surface area contributed by atoms with E-state index >= 15 is 0 Å². The van der Waals surface area contributed by atoms with Gasteiger partial charge in [-0.3, -0.25) is 25.2 Å². The lowest BCUT2D eigenvalue weighted by Crippen LogP contribution is -2.47. The van der Waals surface area contributed by atoms with E-state index < -0.39 is 23.5 Å². The Hall–Kier alpha value is -3.13. The van der Waals surface area contributed by atoms with Gasteiger partial charge >= 0.3 is 0 Å². The Morgan fingerprint density at radius 3 is 2.37 bits per heavy atom. The SMILES string of the molecule is Cc1cc(OCC(=O)NNC(=O)CNC(=O)c2ccc(F)cc2)ccc1Cl. The van der Waals surface area contributed by atoms with Gasteiger partial charge in [0.25, 0.3) is 17.7 Å². The lowest BCUT2D eigenvalue weighted by atomic mass is 10.2. The van der Waals surface area contributed by atoms with Crippen LogP contribution >= 0.6 is 11.6 Å². The van der Waals surface area contributed by atoms with Crippen LogP contribution in [-0.2, 0) is 9.59 Å². The number of carbonyl (C=O) groups is 3. The van der Waals surface area contributed by atoms with Crippen LogP contribution < -0.4 is 20.9 Å². The zero-order valence-corrected chi connectivity index (χ0v) is 15.1. The van der Waals surface area contributed by atoms with E-state index in [1.54, 1.807) is 25.1 Å². The van der Waals surface area contributed by atoms with Crippen molar-refractivity contribution in [2.75, 3.05) is 13.2 Å². The fourth-order valence-corrected chi connectivity index (χ4v) is 2.06. The van der Waals surface area contributed by atoms with Crippen molar-refractivity contribution in [3.63, 3.8) is 0 Å². The first-order chi connectivity index (χ1) is 12.8. The summed E-state index contributed by atoms with van der Waals surface area (Å²) in [6.07, 6.45) is 0. The number of carbonyl (C=O) groups excluding carboxylic acids is 3. The molecule has 0 aliphatic carbocycles. The Balaban J connectivity index is 1.68. The molecule has 0 heterocycles. The first-order valence-corrected chi connectivity index (χ1v) is 8.23. The van der Waals surface area contributed by atoms with Gasteiger partial charge in [0.2, 0.25) is 0 Å². The van der Waals surface area contributed by atoms with Gasteiger partial charge in [0, 0.05) is 10.6 Å². The van der Waals surface area contributed by atoms with Gasteiger partial charge in [-0.2, -0.15) is 0 Å². The summed E-state index contributed by atoms with van der Waals surface area (Å²) >= 11 is 5.90. The molecule has 3 amide bonds. The summed E-state index contributed by atoms with van der Waals surface area (Å²) in [5, 5.41) is 2.93. The molecule has 0 spiro atoms. The van der Waals surface area contributed by atoms with E-state index in [-0.39, 0.29) is 18.7 Å². The summed E-state index contributed by atoms with van der Waals surface area (Å²) in [6, 6.07) is 9.80. The van der Waals surface area contributed by atoms with Crippen molar-refractivity contribution < 1.29 is 23.5 Å². The smallest absolute Gasteiger partial charge is 0.276 e. The van der Waals surface area contributed by atoms with Crippen LogP contribution in [0.5, 0.6) is 5.75 Å². The summed E-state index contributed by atoms with van der Waals surface area (Å²) in [6.45, 7) is 1.12. The molecule has 2 rings (SSSR count). The molecule has 0 fully saturated rings. The van der Waals surface area contributed by atoms with Crippen molar-refractivity contribution in [1.29, 1.82) is 0 Å². The number of nitrogens with one attached hydrogen (secondary N) is 3. The highest BCUT2D eigenvalue weighted by Gasteiger charge is 2.09. The van der Waals surface area contributed by atoms with Crippen molar-refractivity contribution in [2.45, 2.75) is 6.92 Å².